The number of rotatable bonds is 7. The first-order valence-electron chi connectivity index (χ1n) is 19.5. The molecule has 0 heterocycles. The van der Waals surface area contributed by atoms with Crippen molar-refractivity contribution in [2.75, 3.05) is 4.90 Å². The molecule has 0 radical (unpaired) electrons. The predicted octanol–water partition coefficient (Wildman–Crippen LogP) is 15.3. The van der Waals surface area contributed by atoms with Crippen molar-refractivity contribution in [1.29, 1.82) is 0 Å². The predicted molar refractivity (Wildman–Crippen MR) is 240 cm³/mol. The Morgan fingerprint density at radius 3 is 1.14 bits per heavy atom. The molecule has 266 valence electrons. The van der Waals surface area contributed by atoms with Crippen LogP contribution in [0.15, 0.2) is 206 Å². The van der Waals surface area contributed by atoms with Gasteiger partial charge in [-0.3, -0.25) is 0 Å². The molecule has 0 aromatic heterocycles. The normalized spacial score (nSPS) is 13.1. The maximum Gasteiger partial charge on any atom is 0.0462 e. The number of benzene rings is 9. The largest absolute Gasteiger partial charge is 0.311 e. The average Bonchev–Trinajstić information content (AvgIpc) is 3.54. The SMILES string of the molecule is CC1(C)C(c2ccc(N(c3ccc(-c4ccc(-c5ccc6ccccc6c5)cc4)cc3)c3ccc(-c4ccc5ccccc5c4)cc3)cc2)=Cc2ccccc21. The van der Waals surface area contributed by atoms with E-state index >= 15 is 0 Å². The molecule has 0 amide bonds. The molecule has 10 rings (SSSR count). The van der Waals surface area contributed by atoms with Crippen LogP contribution in [0.3, 0.4) is 0 Å². The Balaban J connectivity index is 0.978. The zero-order valence-electron chi connectivity index (χ0n) is 31.7. The third-order valence-electron chi connectivity index (χ3n) is 11.7. The highest BCUT2D eigenvalue weighted by Crippen LogP contribution is 2.47. The molecule has 0 N–H and O–H groups in total. The van der Waals surface area contributed by atoms with Gasteiger partial charge in [-0.15, -0.1) is 0 Å². The van der Waals surface area contributed by atoms with Crippen LogP contribution in [0.1, 0.15) is 30.5 Å². The first-order valence-corrected chi connectivity index (χ1v) is 19.5. The molecule has 0 saturated heterocycles. The van der Waals surface area contributed by atoms with Gasteiger partial charge in [-0.1, -0.05) is 172 Å². The minimum atomic E-state index is -0.0557. The van der Waals surface area contributed by atoms with E-state index in [9.17, 15) is 0 Å². The van der Waals surface area contributed by atoms with E-state index in [2.05, 4.69) is 231 Å². The van der Waals surface area contributed by atoms with Gasteiger partial charge in [0.15, 0.2) is 0 Å². The Kier molecular flexibility index (Phi) is 8.23. The minimum Gasteiger partial charge on any atom is -0.311 e. The highest BCUT2D eigenvalue weighted by molar-refractivity contribution is 5.95. The number of anilines is 3. The van der Waals surface area contributed by atoms with E-state index in [1.807, 2.05) is 0 Å². The molecule has 0 atom stereocenters. The number of fused-ring (bicyclic) bond motifs is 3. The van der Waals surface area contributed by atoms with E-state index in [-0.39, 0.29) is 5.41 Å². The quantitative estimate of drug-likeness (QED) is 0.159. The summed E-state index contributed by atoms with van der Waals surface area (Å²) >= 11 is 0. The second kappa shape index (κ2) is 13.7. The van der Waals surface area contributed by atoms with Gasteiger partial charge in [0, 0.05) is 22.5 Å². The lowest BCUT2D eigenvalue weighted by Gasteiger charge is -2.28. The van der Waals surface area contributed by atoms with Crippen molar-refractivity contribution in [2.45, 2.75) is 19.3 Å². The first-order chi connectivity index (χ1) is 27.5. The van der Waals surface area contributed by atoms with Gasteiger partial charge in [0.2, 0.25) is 0 Å². The number of hydrogen-bond donors (Lipinski definition) is 0. The van der Waals surface area contributed by atoms with Gasteiger partial charge in [-0.2, -0.15) is 0 Å². The van der Waals surface area contributed by atoms with Gasteiger partial charge in [-0.05, 0) is 132 Å². The molecule has 0 saturated carbocycles. The van der Waals surface area contributed by atoms with E-state index in [4.69, 9.17) is 0 Å². The topological polar surface area (TPSA) is 3.24 Å². The van der Waals surface area contributed by atoms with Crippen LogP contribution in [0, 0.1) is 0 Å². The summed E-state index contributed by atoms with van der Waals surface area (Å²) in [6.07, 6.45) is 2.36. The highest BCUT2D eigenvalue weighted by atomic mass is 15.1. The lowest BCUT2D eigenvalue weighted by atomic mass is 9.78. The molecule has 9 aromatic carbocycles. The Bertz CT molecular complexity index is 2890. The summed E-state index contributed by atoms with van der Waals surface area (Å²) in [5, 5.41) is 5.03. The lowest BCUT2D eigenvalue weighted by molar-refractivity contribution is 0.704. The summed E-state index contributed by atoms with van der Waals surface area (Å²) in [5.74, 6) is 0. The van der Waals surface area contributed by atoms with Crippen molar-refractivity contribution in [2.24, 2.45) is 0 Å². The molecule has 1 aliphatic carbocycles. The van der Waals surface area contributed by atoms with E-state index in [1.165, 1.54) is 77.2 Å². The zero-order chi connectivity index (χ0) is 37.6. The van der Waals surface area contributed by atoms with Gasteiger partial charge in [0.25, 0.3) is 0 Å². The van der Waals surface area contributed by atoms with Crippen molar-refractivity contribution in [3.63, 3.8) is 0 Å². The Labute approximate surface area is 329 Å². The van der Waals surface area contributed by atoms with Crippen LogP contribution < -0.4 is 4.90 Å². The van der Waals surface area contributed by atoms with E-state index in [0.717, 1.165) is 17.1 Å². The molecule has 0 fully saturated rings. The van der Waals surface area contributed by atoms with Crippen molar-refractivity contribution in [3.8, 4) is 33.4 Å². The van der Waals surface area contributed by atoms with Gasteiger partial charge >= 0.3 is 0 Å². The van der Waals surface area contributed by atoms with E-state index in [1.54, 1.807) is 0 Å². The smallest absolute Gasteiger partial charge is 0.0462 e. The second-order valence-electron chi connectivity index (χ2n) is 15.4. The molecule has 0 bridgehead atoms. The summed E-state index contributed by atoms with van der Waals surface area (Å²) in [6.45, 7) is 4.67. The fourth-order valence-electron chi connectivity index (χ4n) is 8.55. The van der Waals surface area contributed by atoms with Crippen molar-refractivity contribution in [3.05, 3.63) is 223 Å². The van der Waals surface area contributed by atoms with Crippen LogP contribution >= 0.6 is 0 Å². The van der Waals surface area contributed by atoms with E-state index in [0.29, 0.717) is 0 Å². The standard InChI is InChI=1S/C55H41N/c1-55(2)53-14-8-7-13-49(53)37-54(55)44-27-33-52(34-28-44)56(51-31-25-43(26-32-51)48-22-20-39-10-4-6-12-46(39)36-48)50-29-23-41(24-30-50)40-15-17-42(18-16-40)47-21-19-38-9-3-5-11-45(38)35-47/h3-37H,1-2H3. The van der Waals surface area contributed by atoms with Crippen molar-refractivity contribution >= 4 is 50.3 Å². The van der Waals surface area contributed by atoms with Crippen molar-refractivity contribution < 1.29 is 0 Å². The maximum absolute atomic E-state index is 2.36. The Morgan fingerprint density at radius 1 is 0.321 bits per heavy atom. The zero-order valence-corrected chi connectivity index (χ0v) is 31.7. The van der Waals surface area contributed by atoms with E-state index < -0.39 is 0 Å². The molecule has 0 aliphatic heterocycles. The first kappa shape index (κ1) is 33.6. The van der Waals surface area contributed by atoms with Crippen LogP contribution in [0.4, 0.5) is 17.1 Å². The molecule has 9 aromatic rings. The summed E-state index contributed by atoms with van der Waals surface area (Å²) in [4.78, 5) is 2.36. The number of hydrogen-bond acceptors (Lipinski definition) is 1. The second-order valence-corrected chi connectivity index (χ2v) is 15.4. The Hall–Kier alpha value is -6.96. The molecule has 0 spiro atoms. The summed E-state index contributed by atoms with van der Waals surface area (Å²) in [5.41, 5.74) is 15.9. The highest BCUT2D eigenvalue weighted by Gasteiger charge is 2.33. The van der Waals surface area contributed by atoms with Gasteiger partial charge < -0.3 is 4.90 Å². The van der Waals surface area contributed by atoms with Crippen LogP contribution in [0.25, 0.3) is 66.6 Å². The molecule has 1 aliphatic rings. The minimum absolute atomic E-state index is 0.0557. The molecule has 1 nitrogen and oxygen atoms in total. The van der Waals surface area contributed by atoms with Gasteiger partial charge in [0.1, 0.15) is 0 Å². The van der Waals surface area contributed by atoms with Crippen molar-refractivity contribution in [1.82, 2.24) is 0 Å². The maximum atomic E-state index is 2.36. The van der Waals surface area contributed by atoms with Crippen LogP contribution in [0.5, 0.6) is 0 Å². The van der Waals surface area contributed by atoms with Crippen LogP contribution in [-0.2, 0) is 5.41 Å². The molecular weight excluding hydrogens is 675 g/mol. The van der Waals surface area contributed by atoms with Gasteiger partial charge in [-0.25, -0.2) is 0 Å². The summed E-state index contributed by atoms with van der Waals surface area (Å²) in [7, 11) is 0. The molecule has 0 unspecified atom stereocenters. The number of allylic oxidation sites excluding steroid dienone is 1. The number of nitrogens with zero attached hydrogens (tertiary/aromatic N) is 1. The lowest BCUT2D eigenvalue weighted by Crippen LogP contribution is -2.16. The summed E-state index contributed by atoms with van der Waals surface area (Å²) < 4.78 is 0. The molecule has 1 heteroatoms. The average molecular weight is 716 g/mol. The third-order valence-corrected chi connectivity index (χ3v) is 11.7. The molecular formula is C55H41N. The fraction of sp³-hybridized carbons (Fsp3) is 0.0545. The fourth-order valence-corrected chi connectivity index (χ4v) is 8.55. The third kappa shape index (κ3) is 6.08. The monoisotopic (exact) mass is 715 g/mol. The van der Waals surface area contributed by atoms with Crippen LogP contribution in [0.2, 0.25) is 0 Å². The van der Waals surface area contributed by atoms with Crippen LogP contribution in [-0.4, -0.2) is 0 Å². The Morgan fingerprint density at radius 2 is 0.679 bits per heavy atom. The van der Waals surface area contributed by atoms with Gasteiger partial charge in [0.05, 0.1) is 0 Å². The summed E-state index contributed by atoms with van der Waals surface area (Å²) in [6, 6.07) is 75.3. The molecule has 56 heavy (non-hydrogen) atoms.